The average molecular weight is 254 g/mol. The zero-order valence-electron chi connectivity index (χ0n) is 9.78. The monoisotopic (exact) mass is 254 g/mol. The maximum absolute atomic E-state index is 13.0. The van der Waals surface area contributed by atoms with Gasteiger partial charge < -0.3 is 20.9 Å². The highest BCUT2D eigenvalue weighted by Gasteiger charge is 2.32. The number of amides is 1. The lowest BCUT2D eigenvalue weighted by Gasteiger charge is -2.20. The summed E-state index contributed by atoms with van der Waals surface area (Å²) in [7, 11) is 0. The van der Waals surface area contributed by atoms with Gasteiger partial charge in [-0.3, -0.25) is 4.79 Å². The van der Waals surface area contributed by atoms with Crippen molar-refractivity contribution in [1.29, 1.82) is 0 Å². The predicted molar refractivity (Wildman–Crippen MR) is 63.5 cm³/mol. The first kappa shape index (κ1) is 12.8. The fourth-order valence-corrected chi connectivity index (χ4v) is 1.80. The van der Waals surface area contributed by atoms with Gasteiger partial charge in [0.1, 0.15) is 11.4 Å². The van der Waals surface area contributed by atoms with E-state index in [1.54, 1.807) is 0 Å². The van der Waals surface area contributed by atoms with Crippen molar-refractivity contribution < 1.29 is 19.0 Å². The first-order valence-corrected chi connectivity index (χ1v) is 5.63. The lowest BCUT2D eigenvalue weighted by molar-refractivity contribution is 0.0265. The van der Waals surface area contributed by atoms with Crippen LogP contribution in [0.4, 0.5) is 10.1 Å². The van der Waals surface area contributed by atoms with Crippen molar-refractivity contribution in [2.24, 2.45) is 0 Å². The van der Waals surface area contributed by atoms with Gasteiger partial charge in [0.05, 0.1) is 12.2 Å². The topological polar surface area (TPSA) is 84.6 Å². The van der Waals surface area contributed by atoms with Gasteiger partial charge >= 0.3 is 0 Å². The number of nitrogens with two attached hydrogens (primary N) is 1. The molecule has 6 heteroatoms. The Labute approximate surface area is 104 Å². The molecule has 1 atom stereocenters. The number of nitrogens with one attached hydrogen (secondary N) is 1. The Bertz CT molecular complexity index is 459. The minimum absolute atomic E-state index is 0.0573. The molecular weight excluding hydrogens is 239 g/mol. The maximum Gasteiger partial charge on any atom is 0.253 e. The molecule has 0 radical (unpaired) electrons. The van der Waals surface area contributed by atoms with Gasteiger partial charge in [-0.1, -0.05) is 0 Å². The van der Waals surface area contributed by atoms with Gasteiger partial charge in [0.15, 0.2) is 0 Å². The summed E-state index contributed by atoms with van der Waals surface area (Å²) in [4.78, 5) is 11.8. The van der Waals surface area contributed by atoms with Crippen LogP contribution < -0.4 is 11.1 Å². The molecule has 1 fully saturated rings. The van der Waals surface area contributed by atoms with E-state index in [0.717, 1.165) is 6.07 Å². The van der Waals surface area contributed by atoms with Gasteiger partial charge in [-0.05, 0) is 18.2 Å². The van der Waals surface area contributed by atoms with Crippen LogP contribution >= 0.6 is 0 Å². The SMILES string of the molecule is Nc1ccc(F)cc1C(=O)NCC1(O)CCOC1. The van der Waals surface area contributed by atoms with E-state index < -0.39 is 17.3 Å². The third kappa shape index (κ3) is 2.77. The van der Waals surface area contributed by atoms with E-state index >= 15 is 0 Å². The number of ether oxygens (including phenoxy) is 1. The number of benzene rings is 1. The molecule has 0 saturated carbocycles. The number of nitrogen functional groups attached to an aromatic ring is 1. The molecule has 0 spiro atoms. The van der Waals surface area contributed by atoms with Crippen molar-refractivity contribution in [3.05, 3.63) is 29.6 Å². The number of aliphatic hydroxyl groups is 1. The number of rotatable bonds is 3. The number of carbonyl (C=O) groups is 1. The highest BCUT2D eigenvalue weighted by atomic mass is 19.1. The molecule has 98 valence electrons. The van der Waals surface area contributed by atoms with Gasteiger partial charge in [-0.2, -0.15) is 0 Å². The van der Waals surface area contributed by atoms with E-state index in [0.29, 0.717) is 13.0 Å². The molecule has 0 aliphatic carbocycles. The number of halogens is 1. The minimum Gasteiger partial charge on any atom is -0.398 e. The molecule has 4 N–H and O–H groups in total. The lowest BCUT2D eigenvalue weighted by atomic mass is 10.0. The van der Waals surface area contributed by atoms with Crippen molar-refractivity contribution in [2.75, 3.05) is 25.5 Å². The predicted octanol–water partition coefficient (Wildman–Crippen LogP) is 0.289. The van der Waals surface area contributed by atoms with Crippen LogP contribution in [0, 0.1) is 5.82 Å². The standard InChI is InChI=1S/C12H15FN2O3/c13-8-1-2-10(14)9(5-8)11(16)15-6-12(17)3-4-18-7-12/h1-2,5,17H,3-4,6-7,14H2,(H,15,16). The molecule has 5 nitrogen and oxygen atoms in total. The van der Waals surface area contributed by atoms with Gasteiger partial charge in [0.25, 0.3) is 5.91 Å². The van der Waals surface area contributed by atoms with Crippen molar-refractivity contribution in [3.63, 3.8) is 0 Å². The Balaban J connectivity index is 2.01. The quantitative estimate of drug-likeness (QED) is 0.677. The second kappa shape index (κ2) is 4.91. The van der Waals surface area contributed by atoms with Crippen LogP contribution in [0.1, 0.15) is 16.8 Å². The number of hydrogen-bond donors (Lipinski definition) is 3. The first-order valence-electron chi connectivity index (χ1n) is 5.63. The summed E-state index contributed by atoms with van der Waals surface area (Å²) in [6, 6.07) is 3.59. The third-order valence-corrected chi connectivity index (χ3v) is 2.92. The Morgan fingerprint density at radius 2 is 2.39 bits per heavy atom. The van der Waals surface area contributed by atoms with E-state index in [1.165, 1.54) is 12.1 Å². The largest absolute Gasteiger partial charge is 0.398 e. The zero-order valence-corrected chi connectivity index (χ0v) is 9.78. The van der Waals surface area contributed by atoms with Crippen molar-refractivity contribution in [1.82, 2.24) is 5.32 Å². The van der Waals surface area contributed by atoms with Crippen LogP contribution in [0.2, 0.25) is 0 Å². The van der Waals surface area contributed by atoms with Crippen molar-refractivity contribution in [2.45, 2.75) is 12.0 Å². The molecular formula is C12H15FN2O3. The molecule has 1 heterocycles. The molecule has 1 amide bonds. The van der Waals surface area contributed by atoms with E-state index in [4.69, 9.17) is 10.5 Å². The van der Waals surface area contributed by atoms with Gasteiger partial charge in [0.2, 0.25) is 0 Å². The second-order valence-electron chi connectivity index (χ2n) is 4.44. The van der Waals surface area contributed by atoms with E-state index in [2.05, 4.69) is 5.32 Å². The van der Waals surface area contributed by atoms with Crippen LogP contribution in [0.5, 0.6) is 0 Å². The molecule has 1 aliphatic heterocycles. The smallest absolute Gasteiger partial charge is 0.253 e. The van der Waals surface area contributed by atoms with Gasteiger partial charge in [-0.15, -0.1) is 0 Å². The van der Waals surface area contributed by atoms with E-state index in [-0.39, 0.29) is 24.4 Å². The fourth-order valence-electron chi connectivity index (χ4n) is 1.80. The van der Waals surface area contributed by atoms with Crippen LogP contribution in [-0.4, -0.2) is 36.4 Å². The van der Waals surface area contributed by atoms with Crippen LogP contribution in [0.15, 0.2) is 18.2 Å². The molecule has 1 saturated heterocycles. The van der Waals surface area contributed by atoms with Crippen LogP contribution in [0.25, 0.3) is 0 Å². The molecule has 1 aromatic rings. The Hall–Kier alpha value is -1.66. The highest BCUT2D eigenvalue weighted by molar-refractivity contribution is 5.99. The molecule has 0 aromatic heterocycles. The van der Waals surface area contributed by atoms with Crippen molar-refractivity contribution >= 4 is 11.6 Å². The minimum atomic E-state index is -1.04. The Morgan fingerprint density at radius 1 is 1.61 bits per heavy atom. The summed E-state index contributed by atoms with van der Waals surface area (Å²) in [6.07, 6.45) is 0.464. The summed E-state index contributed by atoms with van der Waals surface area (Å²) in [5.74, 6) is -1.04. The number of hydrogen-bond acceptors (Lipinski definition) is 4. The van der Waals surface area contributed by atoms with E-state index in [9.17, 15) is 14.3 Å². The number of carbonyl (C=O) groups excluding carboxylic acids is 1. The molecule has 2 rings (SSSR count). The summed E-state index contributed by atoms with van der Waals surface area (Å²) in [6.45, 7) is 0.710. The normalized spacial score (nSPS) is 23.0. The van der Waals surface area contributed by atoms with E-state index in [1.807, 2.05) is 0 Å². The molecule has 1 unspecified atom stereocenters. The third-order valence-electron chi connectivity index (χ3n) is 2.92. The zero-order chi connectivity index (χ0) is 13.2. The van der Waals surface area contributed by atoms with Gasteiger partial charge in [-0.25, -0.2) is 4.39 Å². The number of anilines is 1. The molecule has 0 bridgehead atoms. The molecule has 1 aliphatic rings. The Morgan fingerprint density at radius 3 is 3.06 bits per heavy atom. The highest BCUT2D eigenvalue weighted by Crippen LogP contribution is 2.18. The summed E-state index contributed by atoms with van der Waals surface area (Å²) in [5.41, 5.74) is 4.81. The van der Waals surface area contributed by atoms with Crippen LogP contribution in [0.3, 0.4) is 0 Å². The first-order chi connectivity index (χ1) is 8.50. The summed E-state index contributed by atoms with van der Waals surface area (Å²) in [5, 5.41) is 12.5. The second-order valence-corrected chi connectivity index (χ2v) is 4.44. The Kier molecular flexibility index (Phi) is 3.49. The fraction of sp³-hybridized carbons (Fsp3) is 0.417. The molecule has 1 aromatic carbocycles. The maximum atomic E-state index is 13.0. The molecule has 18 heavy (non-hydrogen) atoms. The lowest BCUT2D eigenvalue weighted by Crippen LogP contribution is -2.43. The summed E-state index contributed by atoms with van der Waals surface area (Å²) < 4.78 is 18.1. The van der Waals surface area contributed by atoms with Gasteiger partial charge in [0, 0.05) is 25.3 Å². The van der Waals surface area contributed by atoms with Crippen molar-refractivity contribution in [3.8, 4) is 0 Å². The average Bonchev–Trinajstić information content (AvgIpc) is 2.77. The summed E-state index contributed by atoms with van der Waals surface area (Å²) >= 11 is 0. The van der Waals surface area contributed by atoms with Crippen LogP contribution in [-0.2, 0) is 4.74 Å².